The summed E-state index contributed by atoms with van der Waals surface area (Å²) >= 11 is 0. The zero-order valence-corrected chi connectivity index (χ0v) is 11.9. The fourth-order valence-corrected chi connectivity index (χ4v) is 2.35. The zero-order chi connectivity index (χ0) is 15.1. The van der Waals surface area contributed by atoms with Gasteiger partial charge in [-0.15, -0.1) is 0 Å². The Morgan fingerprint density at radius 1 is 1.25 bits per heavy atom. The van der Waals surface area contributed by atoms with E-state index in [0.717, 1.165) is 25.0 Å². The minimum absolute atomic E-state index is 0.0925. The standard InChI is InChI=1S/C15H21F2NO2/c1-3-11(4-2)18(8-9-19)10-14(20)15-12(16)6-5-7-13(15)17/h5-7,11,19H,3-4,8-10H2,1-2H3. The number of halogens is 2. The van der Waals surface area contributed by atoms with Gasteiger partial charge in [0.25, 0.3) is 0 Å². The first-order chi connectivity index (χ1) is 9.54. The molecule has 0 aliphatic heterocycles. The van der Waals surface area contributed by atoms with Crippen LogP contribution in [-0.4, -0.2) is 41.5 Å². The lowest BCUT2D eigenvalue weighted by Crippen LogP contribution is -2.40. The number of carbonyl (C=O) groups is 1. The van der Waals surface area contributed by atoms with E-state index in [1.165, 1.54) is 6.07 Å². The largest absolute Gasteiger partial charge is 0.395 e. The van der Waals surface area contributed by atoms with Gasteiger partial charge in [-0.1, -0.05) is 19.9 Å². The van der Waals surface area contributed by atoms with Crippen molar-refractivity contribution in [3.63, 3.8) is 0 Å². The van der Waals surface area contributed by atoms with E-state index in [4.69, 9.17) is 5.11 Å². The number of nitrogens with zero attached hydrogens (tertiary/aromatic N) is 1. The van der Waals surface area contributed by atoms with Crippen LogP contribution in [0, 0.1) is 11.6 Å². The van der Waals surface area contributed by atoms with Gasteiger partial charge in [-0.25, -0.2) is 8.78 Å². The Kier molecular flexibility index (Phi) is 6.75. The molecule has 0 bridgehead atoms. The summed E-state index contributed by atoms with van der Waals surface area (Å²) in [5, 5.41) is 9.07. The summed E-state index contributed by atoms with van der Waals surface area (Å²) in [6.07, 6.45) is 1.62. The third kappa shape index (κ3) is 4.08. The number of carbonyl (C=O) groups excluding carboxylic acids is 1. The van der Waals surface area contributed by atoms with Crippen LogP contribution in [0.3, 0.4) is 0 Å². The van der Waals surface area contributed by atoms with Gasteiger partial charge in [-0.2, -0.15) is 0 Å². The van der Waals surface area contributed by atoms with Crippen molar-refractivity contribution in [3.8, 4) is 0 Å². The molecule has 0 atom stereocenters. The molecule has 0 saturated heterocycles. The van der Waals surface area contributed by atoms with Crippen molar-refractivity contribution in [2.75, 3.05) is 19.7 Å². The van der Waals surface area contributed by atoms with E-state index >= 15 is 0 Å². The van der Waals surface area contributed by atoms with Crippen LogP contribution in [0.5, 0.6) is 0 Å². The highest BCUT2D eigenvalue weighted by Gasteiger charge is 2.22. The second-order valence-corrected chi connectivity index (χ2v) is 4.68. The molecular formula is C15H21F2NO2. The highest BCUT2D eigenvalue weighted by Crippen LogP contribution is 2.15. The molecule has 112 valence electrons. The summed E-state index contributed by atoms with van der Waals surface area (Å²) in [6.45, 7) is 4.09. The van der Waals surface area contributed by atoms with Gasteiger partial charge >= 0.3 is 0 Å². The Morgan fingerprint density at radius 2 is 1.80 bits per heavy atom. The van der Waals surface area contributed by atoms with Gasteiger partial charge in [0.05, 0.1) is 18.7 Å². The van der Waals surface area contributed by atoms with Crippen LogP contribution < -0.4 is 0 Å². The van der Waals surface area contributed by atoms with Gasteiger partial charge < -0.3 is 5.11 Å². The van der Waals surface area contributed by atoms with Crippen molar-refractivity contribution in [1.82, 2.24) is 4.90 Å². The first-order valence-corrected chi connectivity index (χ1v) is 6.87. The summed E-state index contributed by atoms with van der Waals surface area (Å²) in [5.41, 5.74) is -0.499. The van der Waals surface area contributed by atoms with E-state index in [0.29, 0.717) is 6.54 Å². The van der Waals surface area contributed by atoms with E-state index in [9.17, 15) is 13.6 Å². The number of hydrogen-bond donors (Lipinski definition) is 1. The SMILES string of the molecule is CCC(CC)N(CCO)CC(=O)c1c(F)cccc1F. The van der Waals surface area contributed by atoms with E-state index < -0.39 is 23.0 Å². The summed E-state index contributed by atoms with van der Waals surface area (Å²) in [5.74, 6) is -2.28. The predicted octanol–water partition coefficient (Wildman–Crippen LogP) is 2.63. The summed E-state index contributed by atoms with van der Waals surface area (Å²) in [7, 11) is 0. The Labute approximate surface area is 118 Å². The monoisotopic (exact) mass is 285 g/mol. The highest BCUT2D eigenvalue weighted by atomic mass is 19.1. The maximum absolute atomic E-state index is 13.6. The summed E-state index contributed by atoms with van der Waals surface area (Å²) in [4.78, 5) is 13.9. The van der Waals surface area contributed by atoms with Gasteiger partial charge in [-0.3, -0.25) is 9.69 Å². The molecule has 1 N–H and O–H groups in total. The molecule has 0 amide bonds. The third-order valence-electron chi connectivity index (χ3n) is 3.43. The molecular weight excluding hydrogens is 264 g/mol. The van der Waals surface area contributed by atoms with Gasteiger partial charge in [0, 0.05) is 12.6 Å². The molecule has 0 fully saturated rings. The van der Waals surface area contributed by atoms with E-state index in [1.807, 2.05) is 13.8 Å². The number of aliphatic hydroxyl groups is 1. The quantitative estimate of drug-likeness (QED) is 0.746. The highest BCUT2D eigenvalue weighted by molar-refractivity contribution is 5.98. The van der Waals surface area contributed by atoms with Crippen molar-refractivity contribution in [2.45, 2.75) is 32.7 Å². The van der Waals surface area contributed by atoms with Crippen molar-refractivity contribution in [2.24, 2.45) is 0 Å². The molecule has 0 aliphatic rings. The number of aliphatic hydroxyl groups excluding tert-OH is 1. The second kappa shape index (κ2) is 8.07. The van der Waals surface area contributed by atoms with Crippen molar-refractivity contribution >= 4 is 5.78 Å². The lowest BCUT2D eigenvalue weighted by molar-refractivity contribution is 0.0842. The van der Waals surface area contributed by atoms with E-state index in [2.05, 4.69) is 0 Å². The van der Waals surface area contributed by atoms with Crippen LogP contribution in [0.4, 0.5) is 8.78 Å². The van der Waals surface area contributed by atoms with Crippen LogP contribution in [0.15, 0.2) is 18.2 Å². The fourth-order valence-electron chi connectivity index (χ4n) is 2.35. The molecule has 0 aliphatic carbocycles. The Balaban J connectivity index is 2.90. The first kappa shape index (κ1) is 16.7. The van der Waals surface area contributed by atoms with Crippen LogP contribution >= 0.6 is 0 Å². The molecule has 0 saturated carbocycles. The average Bonchev–Trinajstić information content (AvgIpc) is 2.40. The molecule has 20 heavy (non-hydrogen) atoms. The van der Waals surface area contributed by atoms with E-state index in [1.54, 1.807) is 4.90 Å². The topological polar surface area (TPSA) is 40.5 Å². The predicted molar refractivity (Wildman–Crippen MR) is 73.7 cm³/mol. The Morgan fingerprint density at radius 3 is 2.25 bits per heavy atom. The van der Waals surface area contributed by atoms with Gasteiger partial charge in [0.15, 0.2) is 5.78 Å². The third-order valence-corrected chi connectivity index (χ3v) is 3.43. The van der Waals surface area contributed by atoms with E-state index in [-0.39, 0.29) is 19.2 Å². The molecule has 3 nitrogen and oxygen atoms in total. The number of ketones is 1. The van der Waals surface area contributed by atoms with Crippen LogP contribution in [0.25, 0.3) is 0 Å². The van der Waals surface area contributed by atoms with Crippen molar-refractivity contribution in [1.29, 1.82) is 0 Å². The number of benzene rings is 1. The Bertz CT molecular complexity index is 427. The van der Waals surface area contributed by atoms with Gasteiger partial charge in [-0.05, 0) is 25.0 Å². The number of rotatable bonds is 8. The molecule has 0 unspecified atom stereocenters. The average molecular weight is 285 g/mol. The zero-order valence-electron chi connectivity index (χ0n) is 11.9. The maximum Gasteiger partial charge on any atom is 0.182 e. The summed E-state index contributed by atoms with van der Waals surface area (Å²) in [6, 6.07) is 3.49. The fraction of sp³-hybridized carbons (Fsp3) is 0.533. The van der Waals surface area contributed by atoms with Crippen molar-refractivity contribution < 1.29 is 18.7 Å². The molecule has 0 aromatic heterocycles. The van der Waals surface area contributed by atoms with Gasteiger partial charge in [0.2, 0.25) is 0 Å². The Hall–Kier alpha value is -1.33. The summed E-state index contributed by atoms with van der Waals surface area (Å²) < 4.78 is 27.1. The van der Waals surface area contributed by atoms with Crippen LogP contribution in [0.2, 0.25) is 0 Å². The lowest BCUT2D eigenvalue weighted by Gasteiger charge is -2.29. The molecule has 1 aromatic carbocycles. The molecule has 0 radical (unpaired) electrons. The maximum atomic E-state index is 13.6. The molecule has 0 heterocycles. The smallest absolute Gasteiger partial charge is 0.182 e. The molecule has 1 rings (SSSR count). The number of hydrogen-bond acceptors (Lipinski definition) is 3. The lowest BCUT2D eigenvalue weighted by atomic mass is 10.1. The second-order valence-electron chi connectivity index (χ2n) is 4.68. The molecule has 0 spiro atoms. The van der Waals surface area contributed by atoms with Crippen molar-refractivity contribution in [3.05, 3.63) is 35.4 Å². The van der Waals surface area contributed by atoms with Gasteiger partial charge in [0.1, 0.15) is 11.6 Å². The first-order valence-electron chi connectivity index (χ1n) is 6.87. The molecule has 5 heteroatoms. The van der Waals surface area contributed by atoms with Crippen LogP contribution in [0.1, 0.15) is 37.0 Å². The minimum Gasteiger partial charge on any atom is -0.395 e. The number of Topliss-reactive ketones (excluding diaryl/α,β-unsaturated/α-hetero) is 1. The normalized spacial score (nSPS) is 11.3. The van der Waals surface area contributed by atoms with Crippen LogP contribution in [-0.2, 0) is 0 Å². The molecule has 1 aromatic rings. The minimum atomic E-state index is -0.844.